The van der Waals surface area contributed by atoms with E-state index < -0.39 is 35.5 Å². The molecule has 2 atom stereocenters. The van der Waals surface area contributed by atoms with Crippen molar-refractivity contribution in [3.05, 3.63) is 0 Å². The number of piperazine rings is 1. The molecule has 2 aliphatic rings. The lowest BCUT2D eigenvalue weighted by Crippen LogP contribution is -2.55. The highest BCUT2D eigenvalue weighted by Gasteiger charge is 2.41. The number of carbonyl (C=O) groups is 4. The van der Waals surface area contributed by atoms with E-state index in [1.807, 2.05) is 0 Å². The van der Waals surface area contributed by atoms with E-state index in [0.29, 0.717) is 19.3 Å². The number of hydrogen-bond acceptors (Lipinski definition) is 4. The number of aliphatic carboxylic acids is 1. The molecule has 2 rings (SSSR count). The van der Waals surface area contributed by atoms with Crippen LogP contribution < -0.4 is 5.32 Å². The van der Waals surface area contributed by atoms with Crippen LogP contribution in [0.4, 0.5) is 0 Å². The molecule has 2 N–H and O–H groups in total. The molecule has 2 fully saturated rings. The smallest absolute Gasteiger partial charge is 0.307 e. The van der Waals surface area contributed by atoms with Gasteiger partial charge in [-0.3, -0.25) is 24.5 Å². The molecule has 0 aromatic heterocycles. The molecule has 0 aromatic carbocycles. The molecular formula is C11H14N2O5. The fraction of sp³-hybridized carbons (Fsp3) is 0.636. The normalized spacial score (nSPS) is 28.1. The van der Waals surface area contributed by atoms with Gasteiger partial charge in [-0.25, -0.2) is 0 Å². The van der Waals surface area contributed by atoms with Crippen molar-refractivity contribution in [2.45, 2.75) is 19.3 Å². The van der Waals surface area contributed by atoms with Gasteiger partial charge in [0.1, 0.15) is 13.1 Å². The third-order valence-electron chi connectivity index (χ3n) is 3.41. The van der Waals surface area contributed by atoms with Gasteiger partial charge in [-0.15, -0.1) is 0 Å². The summed E-state index contributed by atoms with van der Waals surface area (Å²) in [7, 11) is 0. The van der Waals surface area contributed by atoms with Crippen LogP contribution in [0.1, 0.15) is 19.3 Å². The molecule has 1 heterocycles. The van der Waals surface area contributed by atoms with Crippen LogP contribution in [0, 0.1) is 11.8 Å². The van der Waals surface area contributed by atoms with Gasteiger partial charge in [-0.1, -0.05) is 6.42 Å². The predicted molar refractivity (Wildman–Crippen MR) is 58.2 cm³/mol. The van der Waals surface area contributed by atoms with Crippen molar-refractivity contribution in [1.82, 2.24) is 10.2 Å². The first-order valence-corrected chi connectivity index (χ1v) is 5.83. The van der Waals surface area contributed by atoms with Gasteiger partial charge in [0.05, 0.1) is 11.8 Å². The number of hydrogen-bond donors (Lipinski definition) is 2. The van der Waals surface area contributed by atoms with Gasteiger partial charge in [0, 0.05) is 0 Å². The summed E-state index contributed by atoms with van der Waals surface area (Å²) < 4.78 is 0. The monoisotopic (exact) mass is 254 g/mol. The summed E-state index contributed by atoms with van der Waals surface area (Å²) >= 11 is 0. The Morgan fingerprint density at radius 2 is 1.67 bits per heavy atom. The molecule has 1 saturated carbocycles. The van der Waals surface area contributed by atoms with E-state index >= 15 is 0 Å². The van der Waals surface area contributed by atoms with Crippen molar-refractivity contribution in [3.8, 4) is 0 Å². The van der Waals surface area contributed by atoms with Gasteiger partial charge >= 0.3 is 5.97 Å². The van der Waals surface area contributed by atoms with Gasteiger partial charge in [0.25, 0.3) is 0 Å². The second-order valence-corrected chi connectivity index (χ2v) is 4.65. The minimum atomic E-state index is -0.987. The average molecular weight is 254 g/mol. The SMILES string of the molecule is O=C1CN(C(=O)[C@@H]2CCC[C@@H]2C(=O)O)CC(=O)N1. The van der Waals surface area contributed by atoms with Gasteiger partial charge in [0.2, 0.25) is 17.7 Å². The molecule has 1 aliphatic heterocycles. The zero-order chi connectivity index (χ0) is 13.3. The largest absolute Gasteiger partial charge is 0.481 e. The number of imide groups is 1. The number of nitrogens with one attached hydrogen (secondary N) is 1. The highest BCUT2D eigenvalue weighted by Crippen LogP contribution is 2.33. The molecule has 0 aromatic rings. The average Bonchev–Trinajstić information content (AvgIpc) is 2.75. The first kappa shape index (κ1) is 12.5. The lowest BCUT2D eigenvalue weighted by Gasteiger charge is -2.29. The first-order valence-electron chi connectivity index (χ1n) is 5.83. The Morgan fingerprint density at radius 1 is 1.11 bits per heavy atom. The number of carboxylic acid groups (broad SMARTS) is 1. The van der Waals surface area contributed by atoms with Crippen LogP contribution in [-0.4, -0.2) is 46.8 Å². The van der Waals surface area contributed by atoms with Crippen molar-refractivity contribution in [2.24, 2.45) is 11.8 Å². The van der Waals surface area contributed by atoms with E-state index in [4.69, 9.17) is 5.11 Å². The molecule has 0 radical (unpaired) electrons. The van der Waals surface area contributed by atoms with Crippen LogP contribution >= 0.6 is 0 Å². The minimum Gasteiger partial charge on any atom is -0.481 e. The predicted octanol–water partition coefficient (Wildman–Crippen LogP) is -1.03. The number of amides is 3. The third-order valence-corrected chi connectivity index (χ3v) is 3.41. The van der Waals surface area contributed by atoms with Gasteiger partial charge in [0.15, 0.2) is 0 Å². The third kappa shape index (κ3) is 2.34. The Hall–Kier alpha value is -1.92. The van der Waals surface area contributed by atoms with Crippen molar-refractivity contribution in [2.75, 3.05) is 13.1 Å². The zero-order valence-corrected chi connectivity index (χ0v) is 9.72. The summed E-state index contributed by atoms with van der Waals surface area (Å²) in [5.41, 5.74) is 0. The highest BCUT2D eigenvalue weighted by atomic mass is 16.4. The lowest BCUT2D eigenvalue weighted by atomic mass is 9.94. The fourth-order valence-corrected chi connectivity index (χ4v) is 2.58. The maximum atomic E-state index is 12.1. The van der Waals surface area contributed by atoms with Crippen LogP contribution in [0.15, 0.2) is 0 Å². The van der Waals surface area contributed by atoms with Crippen molar-refractivity contribution in [1.29, 1.82) is 0 Å². The minimum absolute atomic E-state index is 0.173. The maximum absolute atomic E-state index is 12.1. The van der Waals surface area contributed by atoms with Crippen molar-refractivity contribution < 1.29 is 24.3 Å². The van der Waals surface area contributed by atoms with Crippen LogP contribution in [0.5, 0.6) is 0 Å². The van der Waals surface area contributed by atoms with Crippen molar-refractivity contribution >= 4 is 23.7 Å². The van der Waals surface area contributed by atoms with Crippen LogP contribution in [0.3, 0.4) is 0 Å². The van der Waals surface area contributed by atoms with Crippen molar-refractivity contribution in [3.63, 3.8) is 0 Å². The molecule has 0 spiro atoms. The Kier molecular flexibility index (Phi) is 3.31. The summed E-state index contributed by atoms with van der Waals surface area (Å²) in [5, 5.41) is 11.1. The van der Waals surface area contributed by atoms with Crippen LogP contribution in [-0.2, 0) is 19.2 Å². The van der Waals surface area contributed by atoms with Gasteiger partial charge < -0.3 is 10.0 Å². The zero-order valence-electron chi connectivity index (χ0n) is 9.72. The summed E-state index contributed by atoms with van der Waals surface area (Å²) in [4.78, 5) is 46.6. The molecule has 1 saturated heterocycles. The quantitative estimate of drug-likeness (QED) is 0.613. The molecular weight excluding hydrogens is 240 g/mol. The molecule has 98 valence electrons. The fourth-order valence-electron chi connectivity index (χ4n) is 2.58. The summed E-state index contributed by atoms with van der Waals surface area (Å²) in [5.74, 6) is -3.74. The molecule has 18 heavy (non-hydrogen) atoms. The molecule has 7 nitrogen and oxygen atoms in total. The number of carboxylic acids is 1. The summed E-state index contributed by atoms with van der Waals surface area (Å²) in [6.45, 7) is -0.346. The Labute approximate surface area is 103 Å². The second-order valence-electron chi connectivity index (χ2n) is 4.65. The van der Waals surface area contributed by atoms with Crippen LogP contribution in [0.25, 0.3) is 0 Å². The lowest BCUT2D eigenvalue weighted by molar-refractivity contribution is -0.152. The first-order chi connectivity index (χ1) is 8.49. The van der Waals surface area contributed by atoms with E-state index in [-0.39, 0.29) is 13.1 Å². The van der Waals surface area contributed by atoms with E-state index in [2.05, 4.69) is 5.32 Å². The molecule has 7 heteroatoms. The van der Waals surface area contributed by atoms with Gasteiger partial charge in [-0.2, -0.15) is 0 Å². The Bertz CT molecular complexity index is 404. The molecule has 0 unspecified atom stereocenters. The summed E-state index contributed by atoms with van der Waals surface area (Å²) in [6.07, 6.45) is 1.66. The van der Waals surface area contributed by atoms with E-state index in [9.17, 15) is 19.2 Å². The maximum Gasteiger partial charge on any atom is 0.307 e. The van der Waals surface area contributed by atoms with E-state index in [1.165, 1.54) is 0 Å². The number of nitrogens with zero attached hydrogens (tertiary/aromatic N) is 1. The number of rotatable bonds is 2. The van der Waals surface area contributed by atoms with Gasteiger partial charge in [-0.05, 0) is 12.8 Å². The second kappa shape index (κ2) is 4.75. The Morgan fingerprint density at radius 3 is 2.22 bits per heavy atom. The highest BCUT2D eigenvalue weighted by molar-refractivity contribution is 6.03. The standard InChI is InChI=1S/C11H14N2O5/c14-8-4-13(5-9(15)12-8)10(16)6-2-1-3-7(6)11(17)18/h6-7H,1-5H2,(H,17,18)(H,12,14,15)/t6-,7+/m1/s1. The van der Waals surface area contributed by atoms with E-state index in [0.717, 1.165) is 4.90 Å². The molecule has 1 aliphatic carbocycles. The molecule has 0 bridgehead atoms. The van der Waals surface area contributed by atoms with E-state index in [1.54, 1.807) is 0 Å². The molecule has 3 amide bonds. The van der Waals surface area contributed by atoms with Crippen LogP contribution in [0.2, 0.25) is 0 Å². The topological polar surface area (TPSA) is 104 Å². The Balaban J connectivity index is 2.08. The summed E-state index contributed by atoms with van der Waals surface area (Å²) in [6, 6.07) is 0. The number of carbonyl (C=O) groups excluding carboxylic acids is 3.